The fourth-order valence-electron chi connectivity index (χ4n) is 1.76. The highest BCUT2D eigenvalue weighted by molar-refractivity contribution is 5.92. The van der Waals surface area contributed by atoms with Gasteiger partial charge in [0, 0.05) is 17.7 Å². The number of nitrogens with two attached hydrogens (primary N) is 1. The number of nitrogens with one attached hydrogen (secondary N) is 1. The van der Waals surface area contributed by atoms with E-state index in [0.29, 0.717) is 11.1 Å². The molecule has 0 fully saturated rings. The van der Waals surface area contributed by atoms with Crippen molar-refractivity contribution in [2.24, 2.45) is 5.73 Å². The molecule has 100 valence electrons. The predicted molar refractivity (Wildman–Crippen MR) is 68.9 cm³/mol. The Labute approximate surface area is 110 Å². The van der Waals surface area contributed by atoms with Crippen LogP contribution >= 0.6 is 0 Å². The largest absolute Gasteiger partial charge is 0.468 e. The standard InChI is InChI=1S/C14H15FN2O2/c1-9(13-3-2-6-19-13)17-8-11-7-10(14(16)18)4-5-12(11)15/h2-7,9,17H,8H2,1H3,(H2,16,18). The third kappa shape index (κ3) is 3.20. The van der Waals surface area contributed by atoms with Gasteiger partial charge in [-0.25, -0.2) is 4.39 Å². The minimum atomic E-state index is -0.569. The number of hydrogen-bond donors (Lipinski definition) is 2. The van der Waals surface area contributed by atoms with E-state index >= 15 is 0 Å². The summed E-state index contributed by atoms with van der Waals surface area (Å²) in [5.74, 6) is -0.170. The lowest BCUT2D eigenvalue weighted by Gasteiger charge is -2.12. The van der Waals surface area contributed by atoms with Crippen molar-refractivity contribution in [3.63, 3.8) is 0 Å². The maximum absolute atomic E-state index is 13.6. The van der Waals surface area contributed by atoms with Gasteiger partial charge in [-0.15, -0.1) is 0 Å². The highest BCUT2D eigenvalue weighted by Crippen LogP contribution is 2.15. The van der Waals surface area contributed by atoms with Crippen molar-refractivity contribution in [1.29, 1.82) is 0 Å². The molecule has 1 heterocycles. The molecule has 2 aromatic rings. The van der Waals surface area contributed by atoms with Crippen molar-refractivity contribution < 1.29 is 13.6 Å². The third-order valence-electron chi connectivity index (χ3n) is 2.90. The minimum Gasteiger partial charge on any atom is -0.468 e. The summed E-state index contributed by atoms with van der Waals surface area (Å²) >= 11 is 0. The third-order valence-corrected chi connectivity index (χ3v) is 2.90. The molecule has 19 heavy (non-hydrogen) atoms. The second-order valence-electron chi connectivity index (χ2n) is 4.29. The molecule has 1 aromatic carbocycles. The van der Waals surface area contributed by atoms with Crippen LogP contribution in [0.2, 0.25) is 0 Å². The van der Waals surface area contributed by atoms with Gasteiger partial charge < -0.3 is 15.5 Å². The number of carbonyl (C=O) groups excluding carboxylic acids is 1. The Morgan fingerprint density at radius 2 is 2.26 bits per heavy atom. The highest BCUT2D eigenvalue weighted by atomic mass is 19.1. The molecular weight excluding hydrogens is 247 g/mol. The molecule has 5 heteroatoms. The van der Waals surface area contributed by atoms with Crippen LogP contribution in [0.4, 0.5) is 4.39 Å². The average molecular weight is 262 g/mol. The summed E-state index contributed by atoms with van der Waals surface area (Å²) in [6.07, 6.45) is 1.59. The zero-order chi connectivity index (χ0) is 13.8. The van der Waals surface area contributed by atoms with Gasteiger partial charge in [0.1, 0.15) is 11.6 Å². The number of rotatable bonds is 5. The Morgan fingerprint density at radius 3 is 2.89 bits per heavy atom. The number of furan rings is 1. The second kappa shape index (κ2) is 5.67. The molecule has 1 unspecified atom stereocenters. The van der Waals surface area contributed by atoms with Crippen LogP contribution in [0.1, 0.15) is 34.6 Å². The van der Waals surface area contributed by atoms with Gasteiger partial charge in [0.05, 0.1) is 12.3 Å². The minimum absolute atomic E-state index is 0.0494. The molecule has 0 saturated heterocycles. The summed E-state index contributed by atoms with van der Waals surface area (Å²) in [6, 6.07) is 7.66. The number of halogens is 1. The molecular formula is C14H15FN2O2. The molecule has 3 N–H and O–H groups in total. The summed E-state index contributed by atoms with van der Waals surface area (Å²) in [7, 11) is 0. The zero-order valence-corrected chi connectivity index (χ0v) is 10.5. The number of hydrogen-bond acceptors (Lipinski definition) is 3. The molecule has 0 saturated carbocycles. The number of carbonyl (C=O) groups is 1. The van der Waals surface area contributed by atoms with Crippen LogP contribution < -0.4 is 11.1 Å². The van der Waals surface area contributed by atoms with Crippen molar-refractivity contribution >= 4 is 5.91 Å². The van der Waals surface area contributed by atoms with Gasteiger partial charge in [-0.05, 0) is 37.3 Å². The smallest absolute Gasteiger partial charge is 0.248 e. The molecule has 0 aliphatic rings. The molecule has 0 spiro atoms. The van der Waals surface area contributed by atoms with Crippen LogP contribution in [-0.4, -0.2) is 5.91 Å². The fourth-order valence-corrected chi connectivity index (χ4v) is 1.76. The van der Waals surface area contributed by atoms with Crippen LogP contribution in [0, 0.1) is 5.82 Å². The molecule has 0 aliphatic carbocycles. The Morgan fingerprint density at radius 1 is 1.47 bits per heavy atom. The van der Waals surface area contributed by atoms with E-state index in [1.165, 1.54) is 18.2 Å². The number of primary amides is 1. The molecule has 0 radical (unpaired) electrons. The Hall–Kier alpha value is -2.14. The summed E-state index contributed by atoms with van der Waals surface area (Å²) in [4.78, 5) is 11.1. The Kier molecular flexibility index (Phi) is 3.97. The van der Waals surface area contributed by atoms with Crippen molar-refractivity contribution in [3.8, 4) is 0 Å². The molecule has 4 nitrogen and oxygen atoms in total. The summed E-state index contributed by atoms with van der Waals surface area (Å²) in [5, 5.41) is 3.12. The first-order chi connectivity index (χ1) is 9.08. The lowest BCUT2D eigenvalue weighted by Crippen LogP contribution is -2.19. The van der Waals surface area contributed by atoms with Gasteiger partial charge >= 0.3 is 0 Å². The maximum atomic E-state index is 13.6. The highest BCUT2D eigenvalue weighted by Gasteiger charge is 2.11. The lowest BCUT2D eigenvalue weighted by atomic mass is 10.1. The quantitative estimate of drug-likeness (QED) is 0.869. The van der Waals surface area contributed by atoms with Gasteiger partial charge in [0.15, 0.2) is 0 Å². The van der Waals surface area contributed by atoms with Crippen molar-refractivity contribution in [2.75, 3.05) is 0 Å². The first-order valence-corrected chi connectivity index (χ1v) is 5.93. The van der Waals surface area contributed by atoms with Crippen LogP contribution in [0.3, 0.4) is 0 Å². The van der Waals surface area contributed by atoms with Gasteiger partial charge in [0.2, 0.25) is 5.91 Å². The van der Waals surface area contributed by atoms with Gasteiger partial charge in [0.25, 0.3) is 0 Å². The number of amides is 1. The van der Waals surface area contributed by atoms with Crippen molar-refractivity contribution in [2.45, 2.75) is 19.5 Å². The fraction of sp³-hybridized carbons (Fsp3) is 0.214. The SMILES string of the molecule is CC(NCc1cc(C(N)=O)ccc1F)c1ccco1. The van der Waals surface area contributed by atoms with E-state index in [0.717, 1.165) is 5.76 Å². The van der Waals surface area contributed by atoms with E-state index in [1.807, 2.05) is 13.0 Å². The molecule has 1 atom stereocenters. The van der Waals surface area contributed by atoms with E-state index < -0.39 is 5.91 Å². The normalized spacial score (nSPS) is 12.3. The molecule has 1 amide bonds. The van der Waals surface area contributed by atoms with E-state index in [1.54, 1.807) is 12.3 Å². The number of benzene rings is 1. The monoisotopic (exact) mass is 262 g/mol. The Balaban J connectivity index is 2.06. The zero-order valence-electron chi connectivity index (χ0n) is 10.5. The summed E-state index contributed by atoms with van der Waals surface area (Å²) < 4.78 is 18.9. The first-order valence-electron chi connectivity index (χ1n) is 5.93. The van der Waals surface area contributed by atoms with E-state index in [4.69, 9.17) is 10.2 Å². The van der Waals surface area contributed by atoms with Crippen molar-refractivity contribution in [1.82, 2.24) is 5.32 Å². The van der Waals surface area contributed by atoms with Gasteiger partial charge in [-0.2, -0.15) is 0 Å². The van der Waals surface area contributed by atoms with Gasteiger partial charge in [-0.3, -0.25) is 4.79 Å². The summed E-state index contributed by atoms with van der Waals surface area (Å²) in [6.45, 7) is 2.20. The lowest BCUT2D eigenvalue weighted by molar-refractivity contribution is 0.1000. The topological polar surface area (TPSA) is 68.3 Å². The van der Waals surface area contributed by atoms with E-state index in [-0.39, 0.29) is 18.4 Å². The van der Waals surface area contributed by atoms with Gasteiger partial charge in [-0.1, -0.05) is 0 Å². The average Bonchev–Trinajstić information content (AvgIpc) is 2.91. The Bertz CT molecular complexity index is 567. The van der Waals surface area contributed by atoms with Crippen LogP contribution in [0.5, 0.6) is 0 Å². The van der Waals surface area contributed by atoms with Crippen LogP contribution in [0.15, 0.2) is 41.0 Å². The molecule has 0 aliphatic heterocycles. The summed E-state index contributed by atoms with van der Waals surface area (Å²) in [5.41, 5.74) is 5.86. The predicted octanol–water partition coefficient (Wildman–Crippen LogP) is 2.37. The van der Waals surface area contributed by atoms with Crippen LogP contribution in [0.25, 0.3) is 0 Å². The molecule has 1 aromatic heterocycles. The van der Waals surface area contributed by atoms with Crippen molar-refractivity contribution in [3.05, 3.63) is 59.3 Å². The van der Waals surface area contributed by atoms with Crippen LogP contribution in [-0.2, 0) is 6.54 Å². The maximum Gasteiger partial charge on any atom is 0.248 e. The molecule has 2 rings (SSSR count). The first kappa shape index (κ1) is 13.3. The van der Waals surface area contributed by atoms with E-state index in [2.05, 4.69) is 5.32 Å². The second-order valence-corrected chi connectivity index (χ2v) is 4.29. The van der Waals surface area contributed by atoms with E-state index in [9.17, 15) is 9.18 Å². The molecule has 0 bridgehead atoms.